The minimum atomic E-state index is -0.556. The van der Waals surface area contributed by atoms with Crippen molar-refractivity contribution in [1.82, 2.24) is 4.90 Å². The zero-order valence-electron chi connectivity index (χ0n) is 18.5. The van der Waals surface area contributed by atoms with Crippen molar-refractivity contribution in [3.8, 4) is 11.5 Å². The Labute approximate surface area is 198 Å². The van der Waals surface area contributed by atoms with E-state index < -0.39 is 6.10 Å². The summed E-state index contributed by atoms with van der Waals surface area (Å²) in [6.45, 7) is 2.75. The quantitative estimate of drug-likeness (QED) is 0.537. The molecule has 6 nitrogen and oxygen atoms in total. The first kappa shape index (κ1) is 22.7. The van der Waals surface area contributed by atoms with Gasteiger partial charge in [-0.05, 0) is 66.6 Å². The maximum atomic E-state index is 13.1. The number of ether oxygens (including phenoxy) is 2. The molecule has 1 atom stereocenters. The minimum Gasteiger partial charge on any atom is -0.497 e. The molecule has 1 unspecified atom stereocenters. The van der Waals surface area contributed by atoms with E-state index in [0.717, 1.165) is 16.9 Å². The van der Waals surface area contributed by atoms with Crippen LogP contribution in [0.4, 0.5) is 5.69 Å². The first-order valence-corrected chi connectivity index (χ1v) is 11.1. The van der Waals surface area contributed by atoms with Gasteiger partial charge in [0.1, 0.15) is 11.5 Å². The summed E-state index contributed by atoms with van der Waals surface area (Å²) in [5.74, 6) is 1.12. The van der Waals surface area contributed by atoms with E-state index >= 15 is 0 Å². The molecule has 0 spiro atoms. The predicted octanol–water partition coefficient (Wildman–Crippen LogP) is 5.30. The molecule has 33 heavy (non-hydrogen) atoms. The third-order valence-electron chi connectivity index (χ3n) is 5.55. The standard InChI is InChI=1S/C26H25ClN2O4/c1-3-23-26(31)29(15-17-4-11-22(32-2)12-5-17)16-19-14-21(10-13-24(19)33-23)28-25(30)18-6-8-20(27)9-7-18/h4-14,23H,3,15-16H2,1-2H3,(H,28,30). The van der Waals surface area contributed by atoms with Crippen molar-refractivity contribution < 1.29 is 19.1 Å². The second-order valence-corrected chi connectivity index (χ2v) is 8.28. The van der Waals surface area contributed by atoms with E-state index in [-0.39, 0.29) is 11.8 Å². The predicted molar refractivity (Wildman–Crippen MR) is 128 cm³/mol. The highest BCUT2D eigenvalue weighted by Crippen LogP contribution is 2.30. The van der Waals surface area contributed by atoms with Crippen LogP contribution in [0.2, 0.25) is 5.02 Å². The van der Waals surface area contributed by atoms with Crippen LogP contribution in [0.1, 0.15) is 34.8 Å². The van der Waals surface area contributed by atoms with Crippen molar-refractivity contribution >= 4 is 29.1 Å². The van der Waals surface area contributed by atoms with Crippen molar-refractivity contribution in [1.29, 1.82) is 0 Å². The molecule has 0 bridgehead atoms. The number of benzene rings is 3. The molecule has 3 aromatic carbocycles. The second-order valence-electron chi connectivity index (χ2n) is 7.84. The first-order chi connectivity index (χ1) is 16.0. The zero-order chi connectivity index (χ0) is 23.4. The Kier molecular flexibility index (Phi) is 6.84. The second kappa shape index (κ2) is 9.96. The third kappa shape index (κ3) is 5.29. The van der Waals surface area contributed by atoms with Crippen LogP contribution in [0.15, 0.2) is 66.7 Å². The Morgan fingerprint density at radius 3 is 2.52 bits per heavy atom. The number of hydrogen-bond acceptors (Lipinski definition) is 4. The van der Waals surface area contributed by atoms with E-state index in [2.05, 4.69) is 5.32 Å². The number of hydrogen-bond donors (Lipinski definition) is 1. The van der Waals surface area contributed by atoms with Crippen molar-refractivity contribution in [3.63, 3.8) is 0 Å². The normalized spacial score (nSPS) is 15.3. The lowest BCUT2D eigenvalue weighted by molar-refractivity contribution is -0.139. The number of carbonyl (C=O) groups excluding carboxylic acids is 2. The average Bonchev–Trinajstić information content (AvgIpc) is 2.96. The maximum absolute atomic E-state index is 13.1. The molecule has 0 aromatic heterocycles. The molecule has 4 rings (SSSR count). The Balaban J connectivity index is 1.56. The number of nitrogens with zero attached hydrogens (tertiary/aromatic N) is 1. The molecule has 170 valence electrons. The third-order valence-corrected chi connectivity index (χ3v) is 5.80. The summed E-state index contributed by atoms with van der Waals surface area (Å²) >= 11 is 5.91. The number of amides is 2. The molecule has 1 aliphatic rings. The topological polar surface area (TPSA) is 67.9 Å². The molecule has 0 radical (unpaired) electrons. The Bertz CT molecular complexity index is 1150. The molecule has 1 heterocycles. The lowest BCUT2D eigenvalue weighted by atomic mass is 10.1. The number of methoxy groups -OCH3 is 1. The van der Waals surface area contributed by atoms with Crippen molar-refractivity contribution in [3.05, 3.63) is 88.4 Å². The number of nitrogens with one attached hydrogen (secondary N) is 1. The highest BCUT2D eigenvalue weighted by atomic mass is 35.5. The lowest BCUT2D eigenvalue weighted by Gasteiger charge is -2.23. The largest absolute Gasteiger partial charge is 0.497 e. The summed E-state index contributed by atoms with van der Waals surface area (Å²) in [6.07, 6.45) is 0.00547. The molecular formula is C26H25ClN2O4. The van der Waals surface area contributed by atoms with E-state index in [0.29, 0.717) is 41.5 Å². The van der Waals surface area contributed by atoms with Gasteiger partial charge in [-0.25, -0.2) is 0 Å². The van der Waals surface area contributed by atoms with Gasteiger partial charge >= 0.3 is 0 Å². The number of fused-ring (bicyclic) bond motifs is 1. The van der Waals surface area contributed by atoms with Gasteiger partial charge in [-0.2, -0.15) is 0 Å². The smallest absolute Gasteiger partial charge is 0.264 e. The number of anilines is 1. The summed E-state index contributed by atoms with van der Waals surface area (Å²) in [4.78, 5) is 27.5. The van der Waals surface area contributed by atoms with Crippen molar-refractivity contribution in [2.45, 2.75) is 32.5 Å². The van der Waals surface area contributed by atoms with Crippen molar-refractivity contribution in [2.24, 2.45) is 0 Å². The van der Waals surface area contributed by atoms with E-state index in [1.165, 1.54) is 0 Å². The Hall–Kier alpha value is -3.51. The van der Waals surface area contributed by atoms with Crippen LogP contribution in [0, 0.1) is 0 Å². The Morgan fingerprint density at radius 1 is 1.12 bits per heavy atom. The van der Waals surface area contributed by atoms with Crippen LogP contribution in [-0.2, 0) is 17.9 Å². The number of halogens is 1. The van der Waals surface area contributed by atoms with Crippen LogP contribution in [0.3, 0.4) is 0 Å². The zero-order valence-corrected chi connectivity index (χ0v) is 19.3. The number of rotatable bonds is 6. The first-order valence-electron chi connectivity index (χ1n) is 10.7. The lowest BCUT2D eigenvalue weighted by Crippen LogP contribution is -2.38. The molecule has 0 fully saturated rings. The van der Waals surface area contributed by atoms with Crippen LogP contribution < -0.4 is 14.8 Å². The van der Waals surface area contributed by atoms with Gasteiger partial charge in [0.2, 0.25) is 0 Å². The summed E-state index contributed by atoms with van der Waals surface area (Å²) in [5, 5.41) is 3.48. The summed E-state index contributed by atoms with van der Waals surface area (Å²) < 4.78 is 11.3. The summed E-state index contributed by atoms with van der Waals surface area (Å²) in [5.41, 5.74) is 2.97. The highest BCUT2D eigenvalue weighted by molar-refractivity contribution is 6.30. The van der Waals surface area contributed by atoms with E-state index in [4.69, 9.17) is 21.1 Å². The van der Waals surface area contributed by atoms with Gasteiger partial charge in [-0.15, -0.1) is 0 Å². The molecule has 0 saturated carbocycles. The van der Waals surface area contributed by atoms with Gasteiger partial charge in [0, 0.05) is 34.9 Å². The van der Waals surface area contributed by atoms with Crippen LogP contribution in [-0.4, -0.2) is 29.9 Å². The fraction of sp³-hybridized carbons (Fsp3) is 0.231. The minimum absolute atomic E-state index is 0.0590. The summed E-state index contributed by atoms with van der Waals surface area (Å²) in [6, 6.07) is 19.8. The van der Waals surface area contributed by atoms with Gasteiger partial charge in [0.05, 0.1) is 7.11 Å². The molecule has 1 N–H and O–H groups in total. The molecular weight excluding hydrogens is 440 g/mol. The van der Waals surface area contributed by atoms with Gasteiger partial charge < -0.3 is 19.7 Å². The molecule has 1 aliphatic heterocycles. The van der Waals surface area contributed by atoms with Gasteiger partial charge in [0.15, 0.2) is 6.10 Å². The molecule has 0 saturated heterocycles. The molecule has 7 heteroatoms. The van der Waals surface area contributed by atoms with Crippen LogP contribution in [0.25, 0.3) is 0 Å². The summed E-state index contributed by atoms with van der Waals surface area (Å²) in [7, 11) is 1.62. The van der Waals surface area contributed by atoms with Gasteiger partial charge in [0.25, 0.3) is 11.8 Å². The monoisotopic (exact) mass is 464 g/mol. The molecule has 0 aliphatic carbocycles. The van der Waals surface area contributed by atoms with E-state index in [9.17, 15) is 9.59 Å². The molecule has 3 aromatic rings. The van der Waals surface area contributed by atoms with Crippen molar-refractivity contribution in [2.75, 3.05) is 12.4 Å². The molecule has 2 amide bonds. The fourth-order valence-electron chi connectivity index (χ4n) is 3.73. The van der Waals surface area contributed by atoms with E-state index in [1.807, 2.05) is 37.3 Å². The van der Waals surface area contributed by atoms with E-state index in [1.54, 1.807) is 48.4 Å². The average molecular weight is 465 g/mol. The Morgan fingerprint density at radius 2 is 1.85 bits per heavy atom. The highest BCUT2D eigenvalue weighted by Gasteiger charge is 2.30. The SMILES string of the molecule is CCC1Oc2ccc(NC(=O)c3ccc(Cl)cc3)cc2CN(Cc2ccc(OC)cc2)C1=O. The number of carbonyl (C=O) groups is 2. The van der Waals surface area contributed by atoms with Gasteiger partial charge in [-0.3, -0.25) is 9.59 Å². The van der Waals surface area contributed by atoms with Gasteiger partial charge in [-0.1, -0.05) is 30.7 Å². The fourth-order valence-corrected chi connectivity index (χ4v) is 3.86. The van der Waals surface area contributed by atoms with Crippen LogP contribution in [0.5, 0.6) is 11.5 Å². The van der Waals surface area contributed by atoms with Crippen LogP contribution >= 0.6 is 11.6 Å². The maximum Gasteiger partial charge on any atom is 0.264 e.